The Bertz CT molecular complexity index is 537. The van der Waals surface area contributed by atoms with Crippen molar-refractivity contribution in [2.24, 2.45) is 11.3 Å². The SMILES string of the molecule is CCOC(=O)c1nc(NCC2CC2(C)C)sc1C(C)=O. The lowest BCUT2D eigenvalue weighted by molar-refractivity contribution is 0.0517. The van der Waals surface area contributed by atoms with Gasteiger partial charge in [0.25, 0.3) is 0 Å². The standard InChI is InChI=1S/C14H20N2O3S/c1-5-19-12(18)10-11(8(2)17)20-13(16-10)15-7-9-6-14(9,3)4/h9H,5-7H2,1-4H3,(H,15,16). The Labute approximate surface area is 122 Å². The molecule has 0 aliphatic heterocycles. The van der Waals surface area contributed by atoms with Crippen LogP contribution in [0.4, 0.5) is 5.13 Å². The lowest BCUT2D eigenvalue weighted by Crippen LogP contribution is -2.10. The molecule has 1 unspecified atom stereocenters. The van der Waals surface area contributed by atoms with Crippen LogP contribution in [-0.4, -0.2) is 29.9 Å². The average molecular weight is 296 g/mol. The zero-order valence-electron chi connectivity index (χ0n) is 12.3. The molecule has 2 rings (SSSR count). The second-order valence-electron chi connectivity index (χ2n) is 5.74. The molecule has 1 aromatic heterocycles. The van der Waals surface area contributed by atoms with Crippen LogP contribution >= 0.6 is 11.3 Å². The minimum atomic E-state index is -0.534. The number of Topliss-reactive ketones (excluding diaryl/α,β-unsaturated/α-hetero) is 1. The van der Waals surface area contributed by atoms with Gasteiger partial charge in [0.15, 0.2) is 16.6 Å². The Morgan fingerprint density at radius 1 is 1.50 bits per heavy atom. The predicted octanol–water partition coefficient (Wildman–Crippen LogP) is 2.98. The molecule has 1 aromatic rings. The number of ketones is 1. The second kappa shape index (κ2) is 5.52. The van der Waals surface area contributed by atoms with E-state index in [2.05, 4.69) is 24.1 Å². The van der Waals surface area contributed by atoms with E-state index < -0.39 is 5.97 Å². The van der Waals surface area contributed by atoms with Gasteiger partial charge in [0.05, 0.1) is 6.61 Å². The topological polar surface area (TPSA) is 68.3 Å². The molecule has 1 saturated carbocycles. The summed E-state index contributed by atoms with van der Waals surface area (Å²) in [6.45, 7) is 8.71. The Morgan fingerprint density at radius 2 is 2.15 bits per heavy atom. The van der Waals surface area contributed by atoms with Crippen molar-refractivity contribution in [1.29, 1.82) is 0 Å². The van der Waals surface area contributed by atoms with Crippen molar-refractivity contribution in [3.63, 3.8) is 0 Å². The van der Waals surface area contributed by atoms with Gasteiger partial charge in [-0.25, -0.2) is 9.78 Å². The number of rotatable bonds is 6. The Balaban J connectivity index is 2.08. The smallest absolute Gasteiger partial charge is 0.358 e. The van der Waals surface area contributed by atoms with E-state index in [1.54, 1.807) is 6.92 Å². The lowest BCUT2D eigenvalue weighted by atomic mass is 10.1. The fourth-order valence-corrected chi connectivity index (χ4v) is 2.96. The number of hydrogen-bond acceptors (Lipinski definition) is 6. The van der Waals surface area contributed by atoms with Gasteiger partial charge in [-0.15, -0.1) is 0 Å². The molecular formula is C14H20N2O3S. The van der Waals surface area contributed by atoms with Crippen LogP contribution in [0, 0.1) is 11.3 Å². The first-order valence-corrected chi connectivity index (χ1v) is 7.59. The lowest BCUT2D eigenvalue weighted by Gasteiger charge is -2.03. The summed E-state index contributed by atoms with van der Waals surface area (Å²) >= 11 is 1.22. The van der Waals surface area contributed by atoms with Crippen molar-refractivity contribution in [3.05, 3.63) is 10.6 Å². The van der Waals surface area contributed by atoms with E-state index in [9.17, 15) is 9.59 Å². The average Bonchev–Trinajstić information content (AvgIpc) is 2.80. The third-order valence-electron chi connectivity index (χ3n) is 3.63. The van der Waals surface area contributed by atoms with Gasteiger partial charge in [0, 0.05) is 13.5 Å². The summed E-state index contributed by atoms with van der Waals surface area (Å²) in [4.78, 5) is 27.9. The van der Waals surface area contributed by atoms with Crippen molar-refractivity contribution >= 4 is 28.2 Å². The molecule has 0 radical (unpaired) electrons. The number of nitrogens with zero attached hydrogens (tertiary/aromatic N) is 1. The molecule has 0 spiro atoms. The van der Waals surface area contributed by atoms with Gasteiger partial charge in [0.2, 0.25) is 0 Å². The molecule has 110 valence electrons. The largest absolute Gasteiger partial charge is 0.461 e. The second-order valence-corrected chi connectivity index (χ2v) is 6.74. The van der Waals surface area contributed by atoms with Gasteiger partial charge in [-0.2, -0.15) is 0 Å². The van der Waals surface area contributed by atoms with E-state index in [4.69, 9.17) is 4.74 Å². The molecule has 1 aliphatic rings. The fourth-order valence-electron chi connectivity index (χ4n) is 2.11. The summed E-state index contributed by atoms with van der Waals surface area (Å²) in [5, 5.41) is 3.83. The molecule has 6 heteroatoms. The van der Waals surface area contributed by atoms with Crippen molar-refractivity contribution in [2.75, 3.05) is 18.5 Å². The molecule has 0 saturated heterocycles. The van der Waals surface area contributed by atoms with Crippen LogP contribution in [0.1, 0.15) is 54.3 Å². The molecule has 1 heterocycles. The van der Waals surface area contributed by atoms with Crippen LogP contribution in [0.3, 0.4) is 0 Å². The highest BCUT2D eigenvalue weighted by molar-refractivity contribution is 7.17. The number of anilines is 1. The summed E-state index contributed by atoms with van der Waals surface area (Å²) in [5.74, 6) is -0.0719. The van der Waals surface area contributed by atoms with E-state index in [-0.39, 0.29) is 18.1 Å². The normalized spacial score (nSPS) is 19.5. The van der Waals surface area contributed by atoms with Crippen molar-refractivity contribution in [2.45, 2.75) is 34.1 Å². The molecular weight excluding hydrogens is 276 g/mol. The highest BCUT2D eigenvalue weighted by Gasteiger charge is 2.45. The van der Waals surface area contributed by atoms with E-state index in [1.165, 1.54) is 24.7 Å². The van der Waals surface area contributed by atoms with Gasteiger partial charge in [-0.05, 0) is 24.7 Å². The molecule has 1 aliphatic carbocycles. The molecule has 1 atom stereocenters. The van der Waals surface area contributed by atoms with Crippen LogP contribution in [0.25, 0.3) is 0 Å². The minimum absolute atomic E-state index is 0.127. The van der Waals surface area contributed by atoms with Crippen LogP contribution in [0.5, 0.6) is 0 Å². The van der Waals surface area contributed by atoms with Crippen LogP contribution in [-0.2, 0) is 4.74 Å². The summed E-state index contributed by atoms with van der Waals surface area (Å²) in [7, 11) is 0. The minimum Gasteiger partial charge on any atom is -0.461 e. The molecule has 0 aromatic carbocycles. The van der Waals surface area contributed by atoms with Gasteiger partial charge < -0.3 is 10.1 Å². The van der Waals surface area contributed by atoms with Crippen molar-refractivity contribution < 1.29 is 14.3 Å². The summed E-state index contributed by atoms with van der Waals surface area (Å²) in [6, 6.07) is 0. The number of carbonyl (C=O) groups excluding carboxylic acids is 2. The summed E-state index contributed by atoms with van der Waals surface area (Å²) in [6.07, 6.45) is 1.19. The maximum atomic E-state index is 11.8. The first-order chi connectivity index (χ1) is 9.35. The van der Waals surface area contributed by atoms with E-state index in [0.29, 0.717) is 21.3 Å². The molecule has 1 fully saturated rings. The third-order valence-corrected chi connectivity index (χ3v) is 4.75. The maximum absolute atomic E-state index is 11.8. The number of thiazole rings is 1. The van der Waals surface area contributed by atoms with Crippen molar-refractivity contribution in [3.8, 4) is 0 Å². The number of nitrogens with one attached hydrogen (secondary N) is 1. The number of hydrogen-bond donors (Lipinski definition) is 1. The van der Waals surface area contributed by atoms with Gasteiger partial charge >= 0.3 is 5.97 Å². The number of carbonyl (C=O) groups is 2. The Morgan fingerprint density at radius 3 is 2.65 bits per heavy atom. The molecule has 5 nitrogen and oxygen atoms in total. The highest BCUT2D eigenvalue weighted by atomic mass is 32.1. The zero-order valence-corrected chi connectivity index (χ0v) is 13.1. The fraction of sp³-hybridized carbons (Fsp3) is 0.643. The first kappa shape index (κ1) is 15.0. The predicted molar refractivity (Wildman–Crippen MR) is 78.5 cm³/mol. The van der Waals surface area contributed by atoms with Gasteiger partial charge in [-0.1, -0.05) is 25.2 Å². The van der Waals surface area contributed by atoms with Crippen LogP contribution in [0.15, 0.2) is 0 Å². The summed E-state index contributed by atoms with van der Waals surface area (Å²) < 4.78 is 4.93. The molecule has 20 heavy (non-hydrogen) atoms. The van der Waals surface area contributed by atoms with Crippen molar-refractivity contribution in [1.82, 2.24) is 4.98 Å². The van der Waals surface area contributed by atoms with Crippen LogP contribution in [0.2, 0.25) is 0 Å². The number of esters is 1. The Kier molecular flexibility index (Phi) is 4.13. The number of ether oxygens (including phenoxy) is 1. The van der Waals surface area contributed by atoms with Gasteiger partial charge in [0.1, 0.15) is 4.88 Å². The molecule has 0 bridgehead atoms. The van der Waals surface area contributed by atoms with E-state index in [0.717, 1.165) is 6.54 Å². The van der Waals surface area contributed by atoms with E-state index >= 15 is 0 Å². The van der Waals surface area contributed by atoms with Crippen LogP contribution < -0.4 is 5.32 Å². The van der Waals surface area contributed by atoms with Gasteiger partial charge in [-0.3, -0.25) is 4.79 Å². The van der Waals surface area contributed by atoms with E-state index in [1.807, 2.05) is 0 Å². The third kappa shape index (κ3) is 3.17. The Hall–Kier alpha value is -1.43. The highest BCUT2D eigenvalue weighted by Crippen LogP contribution is 2.51. The number of aromatic nitrogens is 1. The maximum Gasteiger partial charge on any atom is 0.358 e. The zero-order chi connectivity index (χ0) is 14.9. The molecule has 1 N–H and O–H groups in total. The monoisotopic (exact) mass is 296 g/mol. The summed E-state index contributed by atoms with van der Waals surface area (Å²) in [5.41, 5.74) is 0.513. The first-order valence-electron chi connectivity index (χ1n) is 6.78. The quantitative estimate of drug-likeness (QED) is 0.645. The molecule has 0 amide bonds.